The Hall–Kier alpha value is -1.42. The molecule has 1 aromatic rings. The summed E-state index contributed by atoms with van der Waals surface area (Å²) in [4.78, 5) is 12.5. The number of fused-ring (bicyclic) bond motifs is 1. The molecule has 1 aromatic carbocycles. The molecule has 3 aliphatic carbocycles. The maximum absolute atomic E-state index is 13.9. The highest BCUT2D eigenvalue weighted by atomic mass is 35.5. The van der Waals surface area contributed by atoms with Crippen molar-refractivity contribution in [2.24, 2.45) is 35.5 Å². The number of esters is 1. The molecule has 3 fully saturated rings. The van der Waals surface area contributed by atoms with Crippen LogP contribution < -0.4 is 4.74 Å². The summed E-state index contributed by atoms with van der Waals surface area (Å²) in [5.41, 5.74) is 0. The van der Waals surface area contributed by atoms with Crippen molar-refractivity contribution < 1.29 is 18.3 Å². The van der Waals surface area contributed by atoms with Crippen molar-refractivity contribution >= 4 is 17.6 Å². The number of ether oxygens (including phenoxy) is 1. The van der Waals surface area contributed by atoms with Gasteiger partial charge in [-0.15, -0.1) is 6.58 Å². The number of carbonyl (C=O) groups is 1. The van der Waals surface area contributed by atoms with Crippen molar-refractivity contribution in [2.45, 2.75) is 64.2 Å². The zero-order chi connectivity index (χ0) is 21.3. The van der Waals surface area contributed by atoms with Crippen molar-refractivity contribution in [3.63, 3.8) is 0 Å². The Balaban J connectivity index is 1.28. The van der Waals surface area contributed by atoms with Crippen LogP contribution in [0.5, 0.6) is 5.75 Å². The molecule has 3 aliphatic rings. The van der Waals surface area contributed by atoms with Gasteiger partial charge in [-0.25, -0.2) is 4.39 Å². The predicted octanol–water partition coefficient (Wildman–Crippen LogP) is 7.35. The van der Waals surface area contributed by atoms with Crippen LogP contribution in [0.3, 0.4) is 0 Å². The number of halogens is 3. The fourth-order valence-electron chi connectivity index (χ4n) is 6.21. The molecule has 3 saturated carbocycles. The lowest BCUT2D eigenvalue weighted by Gasteiger charge is -2.45. The largest absolute Gasteiger partial charge is 0.423 e. The van der Waals surface area contributed by atoms with Gasteiger partial charge in [-0.2, -0.15) is 4.39 Å². The second kappa shape index (κ2) is 9.38. The quantitative estimate of drug-likeness (QED) is 0.213. The summed E-state index contributed by atoms with van der Waals surface area (Å²) in [6.07, 6.45) is 13.7. The van der Waals surface area contributed by atoms with Crippen LogP contribution in [0.1, 0.15) is 64.2 Å². The van der Waals surface area contributed by atoms with E-state index >= 15 is 0 Å². The van der Waals surface area contributed by atoms with Crippen LogP contribution in [0, 0.1) is 47.1 Å². The molecule has 30 heavy (non-hydrogen) atoms. The summed E-state index contributed by atoms with van der Waals surface area (Å²) in [5.74, 6) is 0.448. The third kappa shape index (κ3) is 4.59. The van der Waals surface area contributed by atoms with Gasteiger partial charge in [0.05, 0.1) is 10.9 Å². The Morgan fingerprint density at radius 2 is 1.50 bits per heavy atom. The van der Waals surface area contributed by atoms with Gasteiger partial charge < -0.3 is 4.74 Å². The molecule has 0 bridgehead atoms. The lowest BCUT2D eigenvalue weighted by Crippen LogP contribution is -2.35. The van der Waals surface area contributed by atoms with Crippen LogP contribution in [0.25, 0.3) is 0 Å². The Kier molecular flexibility index (Phi) is 6.81. The standard InChI is InChI=1S/C25H31ClF2O2/c1-2-15-3-4-20-14-19(10-9-18(20)13-15)16-5-7-17(8-6-16)25(29)30-22-12-11-21(26)23(27)24(22)28/h2,11-12,15-20H,1,3-10,13-14H2. The van der Waals surface area contributed by atoms with E-state index < -0.39 is 17.6 Å². The molecule has 4 unspecified atom stereocenters. The number of allylic oxidation sites excluding steroid dienone is 1. The molecule has 0 aromatic heterocycles. The maximum atomic E-state index is 13.9. The third-order valence-corrected chi connectivity index (χ3v) is 8.30. The average molecular weight is 437 g/mol. The normalized spacial score (nSPS) is 34.1. The van der Waals surface area contributed by atoms with E-state index in [1.165, 1.54) is 50.7 Å². The monoisotopic (exact) mass is 436 g/mol. The highest BCUT2D eigenvalue weighted by Crippen LogP contribution is 2.49. The van der Waals surface area contributed by atoms with Crippen LogP contribution in [0.2, 0.25) is 5.02 Å². The fraction of sp³-hybridized carbons (Fsp3) is 0.640. The first-order chi connectivity index (χ1) is 14.5. The second-order valence-electron chi connectivity index (χ2n) is 9.61. The van der Waals surface area contributed by atoms with Crippen LogP contribution in [0.15, 0.2) is 24.8 Å². The van der Waals surface area contributed by atoms with Crippen LogP contribution in [0.4, 0.5) is 8.78 Å². The molecule has 0 heterocycles. The first kappa shape index (κ1) is 21.8. The number of hydrogen-bond acceptors (Lipinski definition) is 2. The van der Waals surface area contributed by atoms with E-state index in [2.05, 4.69) is 12.7 Å². The fourth-order valence-corrected chi connectivity index (χ4v) is 6.35. The van der Waals surface area contributed by atoms with Gasteiger partial charge in [-0.3, -0.25) is 4.79 Å². The van der Waals surface area contributed by atoms with Gasteiger partial charge >= 0.3 is 5.97 Å². The lowest BCUT2D eigenvalue weighted by atomic mass is 9.61. The van der Waals surface area contributed by atoms with E-state index in [1.54, 1.807) is 0 Å². The molecule has 0 spiro atoms. The number of rotatable bonds is 4. The molecule has 2 nitrogen and oxygen atoms in total. The molecular formula is C25H31ClF2O2. The minimum Gasteiger partial charge on any atom is -0.423 e. The van der Waals surface area contributed by atoms with Gasteiger partial charge in [0.15, 0.2) is 11.6 Å². The minimum atomic E-state index is -1.20. The van der Waals surface area contributed by atoms with E-state index in [0.717, 1.165) is 43.4 Å². The first-order valence-corrected chi connectivity index (χ1v) is 11.8. The van der Waals surface area contributed by atoms with Crippen LogP contribution in [-0.4, -0.2) is 5.97 Å². The summed E-state index contributed by atoms with van der Waals surface area (Å²) in [7, 11) is 0. The Morgan fingerprint density at radius 1 is 0.900 bits per heavy atom. The number of hydrogen-bond donors (Lipinski definition) is 0. The number of carbonyl (C=O) groups excluding carboxylic acids is 1. The average Bonchev–Trinajstić information content (AvgIpc) is 2.78. The van der Waals surface area contributed by atoms with Gasteiger partial charge in [-0.05, 0) is 106 Å². The summed E-state index contributed by atoms with van der Waals surface area (Å²) in [6.45, 7) is 3.99. The summed E-state index contributed by atoms with van der Waals surface area (Å²) in [5, 5.41) is -0.319. The van der Waals surface area contributed by atoms with Crippen molar-refractivity contribution in [3.05, 3.63) is 41.4 Å². The second-order valence-corrected chi connectivity index (χ2v) is 10.0. The Labute approximate surface area is 183 Å². The molecule has 4 atom stereocenters. The molecule has 0 amide bonds. The van der Waals surface area contributed by atoms with Gasteiger partial charge in [0.25, 0.3) is 0 Å². The predicted molar refractivity (Wildman–Crippen MR) is 114 cm³/mol. The maximum Gasteiger partial charge on any atom is 0.314 e. The van der Waals surface area contributed by atoms with Gasteiger partial charge in [0.2, 0.25) is 5.82 Å². The topological polar surface area (TPSA) is 26.3 Å². The highest BCUT2D eigenvalue weighted by molar-refractivity contribution is 6.30. The van der Waals surface area contributed by atoms with Gasteiger partial charge in [0.1, 0.15) is 0 Å². The van der Waals surface area contributed by atoms with Gasteiger partial charge in [-0.1, -0.05) is 17.7 Å². The molecule has 0 aliphatic heterocycles. The highest BCUT2D eigenvalue weighted by Gasteiger charge is 2.39. The molecule has 5 heteroatoms. The minimum absolute atomic E-state index is 0.237. The molecule has 0 radical (unpaired) electrons. The summed E-state index contributed by atoms with van der Waals surface area (Å²) in [6, 6.07) is 2.42. The van der Waals surface area contributed by atoms with E-state index in [-0.39, 0.29) is 16.7 Å². The molecule has 0 N–H and O–H groups in total. The smallest absolute Gasteiger partial charge is 0.314 e. The molecular weight excluding hydrogens is 406 g/mol. The number of benzene rings is 1. The summed E-state index contributed by atoms with van der Waals surface area (Å²) < 4.78 is 32.7. The lowest BCUT2D eigenvalue weighted by molar-refractivity contribution is -0.140. The molecule has 0 saturated heterocycles. The van der Waals surface area contributed by atoms with E-state index in [4.69, 9.17) is 16.3 Å². The zero-order valence-corrected chi connectivity index (χ0v) is 18.2. The van der Waals surface area contributed by atoms with Gasteiger partial charge in [0, 0.05) is 0 Å². The van der Waals surface area contributed by atoms with E-state index in [9.17, 15) is 13.6 Å². The van der Waals surface area contributed by atoms with E-state index in [1.807, 2.05) is 0 Å². The van der Waals surface area contributed by atoms with Crippen molar-refractivity contribution in [1.82, 2.24) is 0 Å². The SMILES string of the molecule is C=CC1CCC2CC(C3CCC(C(=O)Oc4ccc(Cl)c(F)c4F)CC3)CCC2C1. The summed E-state index contributed by atoms with van der Waals surface area (Å²) >= 11 is 5.56. The van der Waals surface area contributed by atoms with E-state index in [0.29, 0.717) is 11.8 Å². The first-order valence-electron chi connectivity index (χ1n) is 11.4. The van der Waals surface area contributed by atoms with Crippen LogP contribution >= 0.6 is 11.6 Å². The zero-order valence-electron chi connectivity index (χ0n) is 17.4. The van der Waals surface area contributed by atoms with Crippen molar-refractivity contribution in [1.29, 1.82) is 0 Å². The van der Waals surface area contributed by atoms with Crippen molar-refractivity contribution in [2.75, 3.05) is 0 Å². The Morgan fingerprint density at radius 3 is 2.20 bits per heavy atom. The molecule has 4 rings (SSSR count). The van der Waals surface area contributed by atoms with Crippen molar-refractivity contribution in [3.8, 4) is 5.75 Å². The third-order valence-electron chi connectivity index (χ3n) is 8.01. The Bertz CT molecular complexity index is 788. The van der Waals surface area contributed by atoms with Crippen LogP contribution in [-0.2, 0) is 4.79 Å². The molecule has 164 valence electrons.